The Balaban J connectivity index is 0.000000320. The lowest BCUT2D eigenvalue weighted by atomic mass is 10.0. The van der Waals surface area contributed by atoms with Crippen molar-refractivity contribution >= 4 is 62.7 Å². The van der Waals surface area contributed by atoms with Crippen LogP contribution in [-0.2, 0) is 29.2 Å². The molecule has 1 aliphatic carbocycles. The average Bonchev–Trinajstić information content (AvgIpc) is 3.81. The number of aromatic nitrogens is 2. The fourth-order valence-corrected chi connectivity index (χ4v) is 8.26. The fraction of sp³-hybridized carbons (Fsp3) is 0.419. The van der Waals surface area contributed by atoms with Crippen molar-refractivity contribution in [2.75, 3.05) is 11.1 Å². The van der Waals surface area contributed by atoms with Gasteiger partial charge in [-0.2, -0.15) is 23.5 Å². The van der Waals surface area contributed by atoms with Gasteiger partial charge >= 0.3 is 12.3 Å². The van der Waals surface area contributed by atoms with Gasteiger partial charge in [-0.05, 0) is 81.8 Å². The quantitative estimate of drug-likeness (QED) is 0.315. The molecule has 2 atom stereocenters. The molecule has 0 spiro atoms. The van der Waals surface area contributed by atoms with Gasteiger partial charge in [0.25, 0.3) is 0 Å². The van der Waals surface area contributed by atoms with E-state index in [1.54, 1.807) is 6.07 Å². The van der Waals surface area contributed by atoms with E-state index in [2.05, 4.69) is 15.3 Å². The Bertz CT molecular complexity index is 1670. The molecular weight excluding hydrogens is 657 g/mol. The van der Waals surface area contributed by atoms with Gasteiger partial charge in [-0.3, -0.25) is 0 Å². The molecule has 0 radical (unpaired) electrons. The molecular formula is C31H35Cl2N5O7S. The number of hydrogen-bond donors (Lipinski definition) is 2. The second-order valence-electron chi connectivity index (χ2n) is 11.1. The summed E-state index contributed by atoms with van der Waals surface area (Å²) < 4.78 is 33.8. The lowest BCUT2D eigenvalue weighted by molar-refractivity contribution is -0.193. The van der Waals surface area contributed by atoms with Crippen molar-refractivity contribution in [3.05, 3.63) is 69.5 Å². The summed E-state index contributed by atoms with van der Waals surface area (Å²) in [4.78, 5) is 41.2. The number of benzene rings is 2. The van der Waals surface area contributed by atoms with Crippen molar-refractivity contribution in [1.82, 2.24) is 14.3 Å². The number of piperidine rings is 1. The molecule has 6 rings (SSSR count). The highest BCUT2D eigenvalue weighted by atomic mass is 35.5. The zero-order valence-corrected chi connectivity index (χ0v) is 27.9. The standard InChI is InChI=1S/C22H27ClN4O3S.C7H8ClN.2CO2/c1-13-3-8-20(19(23)9-13)26-21-14(2)22(25-12-24-21)30-17-10-15-4-5-16(11-17)27(15)31(28,29)18-6-7-18;1-5-2-3-7(9)6(8)4-5;2*2-1-3/h3,8-9,12,15-18H,4-7,10-11H2,1-2H3,(H,24,25,26);2-4H,9H2,1H3;;. The summed E-state index contributed by atoms with van der Waals surface area (Å²) in [6, 6.07) is 11.5. The van der Waals surface area contributed by atoms with Gasteiger partial charge in [0.15, 0.2) is 0 Å². The van der Waals surface area contributed by atoms with Gasteiger partial charge in [0.2, 0.25) is 15.9 Å². The number of nitrogen functional groups attached to an aromatic ring is 1. The molecule has 12 nitrogen and oxygen atoms in total. The fourth-order valence-electron chi connectivity index (χ4n) is 5.45. The molecule has 0 amide bonds. The third-order valence-electron chi connectivity index (χ3n) is 7.71. The lowest BCUT2D eigenvalue weighted by Crippen LogP contribution is -2.50. The van der Waals surface area contributed by atoms with E-state index in [-0.39, 0.29) is 35.7 Å². The Kier molecular flexibility index (Phi) is 13.3. The highest BCUT2D eigenvalue weighted by Gasteiger charge is 2.52. The molecule has 3 aliphatic rings. The van der Waals surface area contributed by atoms with Gasteiger partial charge in [-0.1, -0.05) is 35.3 Å². The van der Waals surface area contributed by atoms with Gasteiger partial charge in [-0.15, -0.1) is 0 Å². The van der Waals surface area contributed by atoms with Crippen LogP contribution in [-0.4, -0.2) is 58.4 Å². The maximum atomic E-state index is 12.8. The number of nitrogens with zero attached hydrogens (tertiary/aromatic N) is 3. The highest BCUT2D eigenvalue weighted by molar-refractivity contribution is 7.90. The summed E-state index contributed by atoms with van der Waals surface area (Å²) in [6.07, 6.45) is 6.78. The molecule has 46 heavy (non-hydrogen) atoms. The normalized spacial score (nSPS) is 19.8. The first kappa shape index (κ1) is 36.6. The molecule has 1 saturated carbocycles. The van der Waals surface area contributed by atoms with Gasteiger partial charge in [-0.25, -0.2) is 18.4 Å². The third kappa shape index (κ3) is 9.59. The van der Waals surface area contributed by atoms with Crippen molar-refractivity contribution in [2.24, 2.45) is 0 Å². The van der Waals surface area contributed by atoms with Crippen molar-refractivity contribution in [1.29, 1.82) is 0 Å². The Labute approximate surface area is 277 Å². The second-order valence-corrected chi connectivity index (χ2v) is 14.1. The minimum atomic E-state index is -3.15. The monoisotopic (exact) mass is 691 g/mol. The Morgan fingerprint density at radius 2 is 1.41 bits per heavy atom. The molecule has 3 fully saturated rings. The van der Waals surface area contributed by atoms with E-state index >= 15 is 0 Å². The zero-order valence-electron chi connectivity index (χ0n) is 25.5. The van der Waals surface area contributed by atoms with Crippen LogP contribution < -0.4 is 15.8 Å². The van der Waals surface area contributed by atoms with E-state index in [9.17, 15) is 8.42 Å². The van der Waals surface area contributed by atoms with E-state index in [1.807, 2.05) is 55.4 Å². The van der Waals surface area contributed by atoms with E-state index in [0.29, 0.717) is 40.3 Å². The molecule has 3 N–H and O–H groups in total. The van der Waals surface area contributed by atoms with E-state index in [0.717, 1.165) is 48.1 Å². The van der Waals surface area contributed by atoms with Crippen molar-refractivity contribution in [2.45, 2.75) is 82.7 Å². The number of rotatable bonds is 6. The average molecular weight is 693 g/mol. The summed E-state index contributed by atoms with van der Waals surface area (Å²) in [7, 11) is -3.15. The van der Waals surface area contributed by atoms with Crippen molar-refractivity contribution < 1.29 is 32.3 Å². The van der Waals surface area contributed by atoms with Crippen LogP contribution in [0.15, 0.2) is 42.7 Å². The Morgan fingerprint density at radius 3 is 1.91 bits per heavy atom. The van der Waals surface area contributed by atoms with Crippen LogP contribution in [0.5, 0.6) is 5.88 Å². The molecule has 15 heteroatoms. The van der Waals surface area contributed by atoms with E-state index in [1.165, 1.54) is 6.33 Å². The molecule has 2 aliphatic heterocycles. The number of nitrogens with one attached hydrogen (secondary N) is 1. The summed E-state index contributed by atoms with van der Waals surface area (Å²) >= 11 is 12.0. The topological polar surface area (TPSA) is 179 Å². The number of ether oxygens (including phenoxy) is 1. The summed E-state index contributed by atoms with van der Waals surface area (Å²) in [5.74, 6) is 1.18. The van der Waals surface area contributed by atoms with Crippen LogP contribution >= 0.6 is 23.2 Å². The molecule has 3 aromatic rings. The van der Waals surface area contributed by atoms with Crippen LogP contribution in [0, 0.1) is 20.8 Å². The summed E-state index contributed by atoms with van der Waals surface area (Å²) in [5.41, 5.74) is 9.90. The predicted octanol–water partition coefficient (Wildman–Crippen LogP) is 5.42. The molecule has 2 saturated heterocycles. The predicted molar refractivity (Wildman–Crippen MR) is 171 cm³/mol. The number of hydrogen-bond acceptors (Lipinski definition) is 11. The molecule has 3 heterocycles. The zero-order chi connectivity index (χ0) is 34.0. The SMILES string of the molecule is Cc1ccc(N)c(Cl)c1.Cc1ccc(Nc2ncnc(OC3CC4CCC(C3)N4S(=O)(=O)C3CC3)c2C)c(Cl)c1.O=C=O.O=C=O. The van der Waals surface area contributed by atoms with Gasteiger partial charge in [0, 0.05) is 24.9 Å². The second kappa shape index (κ2) is 16.6. The summed E-state index contributed by atoms with van der Waals surface area (Å²) in [5, 5.41) is 4.38. The lowest BCUT2D eigenvalue weighted by Gasteiger charge is -2.37. The smallest absolute Gasteiger partial charge is 0.373 e. The number of anilines is 3. The number of sulfonamides is 1. The van der Waals surface area contributed by atoms with Gasteiger partial charge in [0.05, 0.1) is 32.2 Å². The molecule has 2 bridgehead atoms. The number of carbonyl (C=O) groups excluding carboxylic acids is 4. The van der Waals surface area contributed by atoms with Gasteiger partial charge < -0.3 is 15.8 Å². The largest absolute Gasteiger partial charge is 0.474 e. The highest BCUT2D eigenvalue weighted by Crippen LogP contribution is 2.44. The Hall–Kier alpha value is -3.83. The minimum absolute atomic E-state index is 0.0421. The van der Waals surface area contributed by atoms with Gasteiger partial charge in [0.1, 0.15) is 18.2 Å². The number of fused-ring (bicyclic) bond motifs is 2. The number of nitrogens with two attached hydrogens (primary N) is 1. The first-order chi connectivity index (χ1) is 21.9. The van der Waals surface area contributed by atoms with Crippen LogP contribution in [0.3, 0.4) is 0 Å². The molecule has 1 aromatic heterocycles. The number of aryl methyl sites for hydroxylation is 2. The van der Waals surface area contributed by atoms with Crippen LogP contribution in [0.1, 0.15) is 55.2 Å². The molecule has 246 valence electrons. The maximum absolute atomic E-state index is 12.8. The summed E-state index contributed by atoms with van der Waals surface area (Å²) in [6.45, 7) is 5.89. The third-order valence-corrected chi connectivity index (χ3v) is 10.8. The van der Waals surface area contributed by atoms with E-state index < -0.39 is 10.0 Å². The minimum Gasteiger partial charge on any atom is -0.474 e. The van der Waals surface area contributed by atoms with Crippen molar-refractivity contribution in [3.63, 3.8) is 0 Å². The first-order valence-electron chi connectivity index (χ1n) is 14.4. The molecule has 2 aromatic carbocycles. The maximum Gasteiger partial charge on any atom is 0.373 e. The first-order valence-corrected chi connectivity index (χ1v) is 16.7. The number of halogens is 2. The molecule has 2 unspecified atom stereocenters. The van der Waals surface area contributed by atoms with Crippen LogP contribution in [0.25, 0.3) is 0 Å². The van der Waals surface area contributed by atoms with Crippen LogP contribution in [0.2, 0.25) is 10.0 Å². The Morgan fingerprint density at radius 1 is 0.870 bits per heavy atom. The van der Waals surface area contributed by atoms with Crippen LogP contribution in [0.4, 0.5) is 17.2 Å². The van der Waals surface area contributed by atoms with Crippen molar-refractivity contribution in [3.8, 4) is 5.88 Å². The van der Waals surface area contributed by atoms with E-state index in [4.69, 9.17) is 52.9 Å².